The van der Waals surface area contributed by atoms with Gasteiger partial charge in [-0.25, -0.2) is 4.79 Å². The van der Waals surface area contributed by atoms with Crippen LogP contribution in [0.15, 0.2) is 65.7 Å². The standard InChI is InChI=1S/C32H42BrNO4/c1-6-7-8-9-10-17-28(32(2,3)4)30(35)34-21-27(20-29(34)31(36)37-5)38-22-23-13-11-14-24(18-23)25-15-12-16-26(33)19-25/h6,11-16,18-19,27-29H,1,7-10,17,20-22H2,2-5H3/t27-,28-,29+/m1/s1. The fourth-order valence-corrected chi connectivity index (χ4v) is 5.58. The lowest BCUT2D eigenvalue weighted by Gasteiger charge is -2.34. The van der Waals surface area contributed by atoms with Crippen LogP contribution in [0.25, 0.3) is 11.1 Å². The normalized spacial score (nSPS) is 18.3. The molecule has 0 N–H and O–H groups in total. The number of ether oxygens (including phenoxy) is 2. The van der Waals surface area contributed by atoms with Gasteiger partial charge in [0.1, 0.15) is 6.04 Å². The highest BCUT2D eigenvalue weighted by molar-refractivity contribution is 9.10. The highest BCUT2D eigenvalue weighted by Crippen LogP contribution is 2.35. The molecule has 1 aliphatic rings. The summed E-state index contributed by atoms with van der Waals surface area (Å²) in [7, 11) is 1.38. The number of likely N-dealkylation sites (tertiary alicyclic amines) is 1. The lowest BCUT2D eigenvalue weighted by molar-refractivity contribution is -0.154. The zero-order valence-corrected chi connectivity index (χ0v) is 24.8. The average Bonchev–Trinajstić information content (AvgIpc) is 3.32. The van der Waals surface area contributed by atoms with E-state index < -0.39 is 6.04 Å². The van der Waals surface area contributed by atoms with Crippen molar-refractivity contribution in [1.82, 2.24) is 4.90 Å². The van der Waals surface area contributed by atoms with E-state index in [4.69, 9.17) is 9.47 Å². The molecule has 3 rings (SSSR count). The number of carbonyl (C=O) groups is 2. The molecular formula is C32H42BrNO4. The van der Waals surface area contributed by atoms with Crippen LogP contribution in [-0.2, 0) is 25.7 Å². The maximum absolute atomic E-state index is 13.8. The number of carbonyl (C=O) groups excluding carboxylic acids is 2. The highest BCUT2D eigenvalue weighted by atomic mass is 79.9. The summed E-state index contributed by atoms with van der Waals surface area (Å²) in [6.45, 7) is 10.9. The molecule has 0 saturated carbocycles. The van der Waals surface area contributed by atoms with Crippen molar-refractivity contribution in [2.24, 2.45) is 11.3 Å². The van der Waals surface area contributed by atoms with Gasteiger partial charge in [-0.1, -0.05) is 86.0 Å². The summed E-state index contributed by atoms with van der Waals surface area (Å²) >= 11 is 3.54. The molecule has 0 spiro atoms. The SMILES string of the molecule is C=CCCCCC[C@H](C(=O)N1C[C@H](OCc2cccc(-c3cccc(Br)c3)c2)C[C@H]1C(=O)OC)C(C)(C)C. The predicted molar refractivity (Wildman–Crippen MR) is 157 cm³/mol. The molecule has 3 atom stereocenters. The van der Waals surface area contributed by atoms with Gasteiger partial charge in [0, 0.05) is 23.4 Å². The quantitative estimate of drug-likeness (QED) is 0.147. The van der Waals surface area contributed by atoms with Crippen molar-refractivity contribution in [3.63, 3.8) is 0 Å². The number of rotatable bonds is 12. The molecule has 0 aromatic heterocycles. The van der Waals surface area contributed by atoms with Crippen molar-refractivity contribution in [2.75, 3.05) is 13.7 Å². The summed E-state index contributed by atoms with van der Waals surface area (Å²) in [5.41, 5.74) is 3.09. The largest absolute Gasteiger partial charge is 0.467 e. The summed E-state index contributed by atoms with van der Waals surface area (Å²) in [6.07, 6.45) is 7.08. The van der Waals surface area contributed by atoms with E-state index in [1.54, 1.807) is 4.90 Å². The molecule has 1 fully saturated rings. The molecule has 1 aliphatic heterocycles. The molecule has 1 heterocycles. The van der Waals surface area contributed by atoms with Gasteiger partial charge < -0.3 is 14.4 Å². The molecule has 38 heavy (non-hydrogen) atoms. The Morgan fingerprint density at radius 3 is 2.47 bits per heavy atom. The van der Waals surface area contributed by atoms with E-state index in [2.05, 4.69) is 67.5 Å². The number of hydrogen-bond donors (Lipinski definition) is 0. The first-order valence-electron chi connectivity index (χ1n) is 13.6. The molecule has 2 aromatic rings. The van der Waals surface area contributed by atoms with Crippen LogP contribution < -0.4 is 0 Å². The van der Waals surface area contributed by atoms with Crippen molar-refractivity contribution in [3.8, 4) is 11.1 Å². The Morgan fingerprint density at radius 2 is 1.82 bits per heavy atom. The van der Waals surface area contributed by atoms with Crippen LogP contribution in [-0.4, -0.2) is 42.6 Å². The molecule has 0 unspecified atom stereocenters. The van der Waals surface area contributed by atoms with Gasteiger partial charge in [-0.15, -0.1) is 6.58 Å². The third kappa shape index (κ3) is 8.28. The fraction of sp³-hybridized carbons (Fsp3) is 0.500. The first kappa shape index (κ1) is 30.1. The van der Waals surface area contributed by atoms with Crippen LogP contribution >= 0.6 is 15.9 Å². The molecule has 0 bridgehead atoms. The van der Waals surface area contributed by atoms with Crippen molar-refractivity contribution in [2.45, 2.75) is 78.0 Å². The van der Waals surface area contributed by atoms with Gasteiger partial charge in [0.25, 0.3) is 0 Å². The average molecular weight is 585 g/mol. The molecule has 206 valence electrons. The van der Waals surface area contributed by atoms with E-state index in [0.29, 0.717) is 19.6 Å². The van der Waals surface area contributed by atoms with Gasteiger partial charge in [0.15, 0.2) is 0 Å². The van der Waals surface area contributed by atoms with E-state index in [-0.39, 0.29) is 29.3 Å². The Bertz CT molecular complexity index is 1090. The van der Waals surface area contributed by atoms with Crippen LogP contribution in [0.5, 0.6) is 0 Å². The minimum Gasteiger partial charge on any atom is -0.467 e. The molecule has 0 radical (unpaired) electrons. The Hall–Kier alpha value is -2.44. The molecule has 0 aliphatic carbocycles. The van der Waals surface area contributed by atoms with Gasteiger partial charge in [0.2, 0.25) is 5.91 Å². The molecule has 1 amide bonds. The minimum atomic E-state index is -0.615. The smallest absolute Gasteiger partial charge is 0.328 e. The summed E-state index contributed by atoms with van der Waals surface area (Å²) in [5.74, 6) is -0.516. The van der Waals surface area contributed by atoms with Gasteiger partial charge >= 0.3 is 5.97 Å². The third-order valence-electron chi connectivity index (χ3n) is 7.33. The predicted octanol–water partition coefficient (Wildman–Crippen LogP) is 7.57. The van der Waals surface area contributed by atoms with Gasteiger partial charge in [-0.3, -0.25) is 4.79 Å². The number of amides is 1. The molecule has 6 heteroatoms. The monoisotopic (exact) mass is 583 g/mol. The lowest BCUT2D eigenvalue weighted by atomic mass is 9.76. The van der Waals surface area contributed by atoms with Crippen LogP contribution in [0.1, 0.15) is 64.9 Å². The summed E-state index contributed by atoms with van der Waals surface area (Å²) in [4.78, 5) is 28.2. The van der Waals surface area contributed by atoms with Gasteiger partial charge in [0.05, 0.1) is 19.8 Å². The minimum absolute atomic E-state index is 0.0272. The second-order valence-electron chi connectivity index (χ2n) is 11.3. The molecular weight excluding hydrogens is 542 g/mol. The first-order chi connectivity index (χ1) is 18.1. The third-order valence-corrected chi connectivity index (χ3v) is 7.83. The number of nitrogens with zero attached hydrogens (tertiary/aromatic N) is 1. The van der Waals surface area contributed by atoms with E-state index in [9.17, 15) is 9.59 Å². The highest BCUT2D eigenvalue weighted by Gasteiger charge is 2.44. The van der Waals surface area contributed by atoms with Crippen LogP contribution in [0.4, 0.5) is 0 Å². The lowest BCUT2D eigenvalue weighted by Crippen LogP contribution is -2.47. The number of esters is 1. The number of unbranched alkanes of at least 4 members (excludes halogenated alkanes) is 3. The van der Waals surface area contributed by atoms with Crippen LogP contribution in [0.2, 0.25) is 0 Å². The Balaban J connectivity index is 1.69. The van der Waals surface area contributed by atoms with Crippen molar-refractivity contribution >= 4 is 27.8 Å². The summed E-state index contributed by atoms with van der Waals surface area (Å²) < 4.78 is 12.4. The maximum atomic E-state index is 13.8. The van der Waals surface area contributed by atoms with Crippen molar-refractivity contribution < 1.29 is 19.1 Å². The van der Waals surface area contributed by atoms with Crippen LogP contribution in [0, 0.1) is 11.3 Å². The number of benzene rings is 2. The molecule has 2 aromatic carbocycles. The number of halogens is 1. The zero-order chi connectivity index (χ0) is 27.7. The van der Waals surface area contributed by atoms with E-state index in [1.165, 1.54) is 7.11 Å². The van der Waals surface area contributed by atoms with Crippen LogP contribution in [0.3, 0.4) is 0 Å². The first-order valence-corrected chi connectivity index (χ1v) is 14.4. The van der Waals surface area contributed by atoms with E-state index in [0.717, 1.165) is 53.3 Å². The maximum Gasteiger partial charge on any atom is 0.328 e. The van der Waals surface area contributed by atoms with Gasteiger partial charge in [-0.05, 0) is 59.6 Å². The number of hydrogen-bond acceptors (Lipinski definition) is 4. The topological polar surface area (TPSA) is 55.8 Å². The molecule has 5 nitrogen and oxygen atoms in total. The Morgan fingerprint density at radius 1 is 1.11 bits per heavy atom. The Labute approximate surface area is 236 Å². The molecule has 1 saturated heterocycles. The fourth-order valence-electron chi connectivity index (χ4n) is 5.19. The van der Waals surface area contributed by atoms with E-state index >= 15 is 0 Å². The van der Waals surface area contributed by atoms with Gasteiger partial charge in [-0.2, -0.15) is 0 Å². The summed E-state index contributed by atoms with van der Waals surface area (Å²) in [5, 5.41) is 0. The van der Waals surface area contributed by atoms with E-state index in [1.807, 2.05) is 30.3 Å². The second-order valence-corrected chi connectivity index (χ2v) is 12.2. The zero-order valence-electron chi connectivity index (χ0n) is 23.3. The number of methoxy groups -OCH3 is 1. The summed E-state index contributed by atoms with van der Waals surface area (Å²) in [6, 6.07) is 15.9. The van der Waals surface area contributed by atoms with Crippen molar-refractivity contribution in [3.05, 3.63) is 71.2 Å². The second kappa shape index (κ2) is 14.1. The van der Waals surface area contributed by atoms with Crippen molar-refractivity contribution in [1.29, 1.82) is 0 Å². The Kier molecular flexibility index (Phi) is 11.2. The number of allylic oxidation sites excluding steroid dienone is 1.